The summed E-state index contributed by atoms with van der Waals surface area (Å²) >= 11 is 2.81. The molecule has 2 rings (SSSR count). The van der Waals surface area contributed by atoms with Crippen molar-refractivity contribution in [3.8, 4) is 5.75 Å². The van der Waals surface area contributed by atoms with Crippen LogP contribution in [0.25, 0.3) is 0 Å². The first-order chi connectivity index (χ1) is 12.7. The summed E-state index contributed by atoms with van der Waals surface area (Å²) in [5, 5.41) is 4.72. The summed E-state index contributed by atoms with van der Waals surface area (Å²) in [6, 6.07) is 10.2. The zero-order valence-electron chi connectivity index (χ0n) is 14.2. The van der Waals surface area contributed by atoms with Crippen LogP contribution in [0.4, 0.5) is 18.9 Å². The van der Waals surface area contributed by atoms with Crippen LogP contribution in [0.1, 0.15) is 11.1 Å². The van der Waals surface area contributed by atoms with E-state index >= 15 is 0 Å². The average molecular weight is 445 g/mol. The Kier molecular flexibility index (Phi) is 6.84. The standard InChI is InChI=1S/C18H16BrF3N2O3/c1-27-13-5-2-11(3-6-13)8-9-23-16(25)17(26)24-12-4-7-14(15(19)10-12)18(20,21)22/h2-7,10H,8-9H2,1H3,(H,23,25)(H,24,26). The summed E-state index contributed by atoms with van der Waals surface area (Å²) in [4.78, 5) is 23.7. The van der Waals surface area contributed by atoms with E-state index < -0.39 is 23.6 Å². The predicted molar refractivity (Wildman–Crippen MR) is 97.5 cm³/mol. The lowest BCUT2D eigenvalue weighted by Gasteiger charge is -2.11. The third-order valence-electron chi connectivity index (χ3n) is 3.60. The quantitative estimate of drug-likeness (QED) is 0.689. The van der Waals surface area contributed by atoms with Gasteiger partial charge in [-0.25, -0.2) is 0 Å². The molecule has 0 aromatic heterocycles. The smallest absolute Gasteiger partial charge is 0.417 e. The maximum Gasteiger partial charge on any atom is 0.417 e. The molecule has 2 aromatic rings. The van der Waals surface area contributed by atoms with Crippen molar-refractivity contribution in [3.63, 3.8) is 0 Å². The largest absolute Gasteiger partial charge is 0.497 e. The topological polar surface area (TPSA) is 67.4 Å². The lowest BCUT2D eigenvalue weighted by Crippen LogP contribution is -2.36. The Balaban J connectivity index is 1.86. The molecule has 0 radical (unpaired) electrons. The van der Waals surface area contributed by atoms with Gasteiger partial charge >= 0.3 is 18.0 Å². The van der Waals surface area contributed by atoms with Gasteiger partial charge in [-0.15, -0.1) is 0 Å². The summed E-state index contributed by atoms with van der Waals surface area (Å²) in [5.74, 6) is -1.12. The van der Waals surface area contributed by atoms with Crippen molar-refractivity contribution in [1.29, 1.82) is 0 Å². The van der Waals surface area contributed by atoms with Gasteiger partial charge in [-0.1, -0.05) is 28.1 Å². The fourth-order valence-electron chi connectivity index (χ4n) is 2.20. The average Bonchev–Trinajstić information content (AvgIpc) is 2.61. The van der Waals surface area contributed by atoms with Crippen molar-refractivity contribution >= 4 is 33.4 Å². The molecule has 144 valence electrons. The second-order valence-electron chi connectivity index (χ2n) is 5.50. The molecular formula is C18H16BrF3N2O3. The molecule has 2 aromatic carbocycles. The highest BCUT2D eigenvalue weighted by Crippen LogP contribution is 2.36. The third-order valence-corrected chi connectivity index (χ3v) is 4.25. The number of hydrogen-bond acceptors (Lipinski definition) is 3. The van der Waals surface area contributed by atoms with Crippen molar-refractivity contribution in [2.24, 2.45) is 0 Å². The van der Waals surface area contributed by atoms with Crippen LogP contribution in [0.5, 0.6) is 5.75 Å². The lowest BCUT2D eigenvalue weighted by molar-refractivity contribution is -0.138. The normalized spacial score (nSPS) is 11.0. The first kappa shape index (κ1) is 20.8. The molecule has 0 bridgehead atoms. The minimum Gasteiger partial charge on any atom is -0.497 e. The molecule has 0 atom stereocenters. The number of ether oxygens (including phenoxy) is 1. The van der Waals surface area contributed by atoms with E-state index in [1.54, 1.807) is 19.2 Å². The van der Waals surface area contributed by atoms with Crippen LogP contribution in [-0.2, 0) is 22.2 Å². The number of benzene rings is 2. The molecule has 0 fully saturated rings. The molecular weight excluding hydrogens is 429 g/mol. The van der Waals surface area contributed by atoms with Gasteiger partial charge in [-0.3, -0.25) is 9.59 Å². The number of carbonyl (C=O) groups excluding carboxylic acids is 2. The molecule has 27 heavy (non-hydrogen) atoms. The Morgan fingerprint density at radius 3 is 2.30 bits per heavy atom. The number of methoxy groups -OCH3 is 1. The molecule has 0 aliphatic rings. The number of nitrogens with one attached hydrogen (secondary N) is 2. The van der Waals surface area contributed by atoms with Crippen molar-refractivity contribution < 1.29 is 27.5 Å². The van der Waals surface area contributed by atoms with Crippen LogP contribution in [0.3, 0.4) is 0 Å². The molecule has 0 aliphatic heterocycles. The fraction of sp³-hybridized carbons (Fsp3) is 0.222. The van der Waals surface area contributed by atoms with Crippen molar-refractivity contribution in [2.75, 3.05) is 19.0 Å². The van der Waals surface area contributed by atoms with Crippen LogP contribution in [-0.4, -0.2) is 25.5 Å². The number of amides is 2. The molecule has 0 saturated carbocycles. The number of carbonyl (C=O) groups is 2. The Hall–Kier alpha value is -2.55. The first-order valence-corrected chi connectivity index (χ1v) is 8.59. The molecule has 9 heteroatoms. The third kappa shape index (κ3) is 5.99. The van der Waals surface area contributed by atoms with E-state index in [-0.39, 0.29) is 16.7 Å². The van der Waals surface area contributed by atoms with Gasteiger partial charge in [-0.2, -0.15) is 13.2 Å². The van der Waals surface area contributed by atoms with Crippen molar-refractivity contribution in [2.45, 2.75) is 12.6 Å². The molecule has 2 N–H and O–H groups in total. The van der Waals surface area contributed by atoms with Crippen molar-refractivity contribution in [1.82, 2.24) is 5.32 Å². The zero-order valence-corrected chi connectivity index (χ0v) is 15.8. The zero-order chi connectivity index (χ0) is 20.0. The van der Waals surface area contributed by atoms with Crippen LogP contribution < -0.4 is 15.4 Å². The molecule has 0 unspecified atom stereocenters. The maximum atomic E-state index is 12.7. The Morgan fingerprint density at radius 2 is 1.74 bits per heavy atom. The van der Waals surface area contributed by atoms with Gasteiger partial charge < -0.3 is 15.4 Å². The van der Waals surface area contributed by atoms with Crippen LogP contribution in [0.2, 0.25) is 0 Å². The maximum absolute atomic E-state index is 12.7. The van der Waals surface area contributed by atoms with Gasteiger partial charge in [0.1, 0.15) is 5.75 Å². The molecule has 0 aliphatic carbocycles. The van der Waals surface area contributed by atoms with Crippen LogP contribution in [0, 0.1) is 0 Å². The SMILES string of the molecule is COc1ccc(CCNC(=O)C(=O)Nc2ccc(C(F)(F)F)c(Br)c2)cc1. The summed E-state index contributed by atoms with van der Waals surface area (Å²) in [7, 11) is 1.56. The molecule has 0 heterocycles. The molecule has 0 saturated heterocycles. The second-order valence-corrected chi connectivity index (χ2v) is 6.35. The van der Waals surface area contributed by atoms with Crippen molar-refractivity contribution in [3.05, 3.63) is 58.1 Å². The monoisotopic (exact) mass is 444 g/mol. The number of rotatable bonds is 5. The lowest BCUT2D eigenvalue weighted by atomic mass is 10.1. The number of alkyl halides is 3. The minimum atomic E-state index is -4.51. The predicted octanol–water partition coefficient (Wildman–Crippen LogP) is 3.77. The fourth-order valence-corrected chi connectivity index (χ4v) is 2.81. The summed E-state index contributed by atoms with van der Waals surface area (Å²) in [6.07, 6.45) is -4.00. The number of halogens is 4. The van der Waals surface area contributed by atoms with Gasteiger partial charge in [0.25, 0.3) is 0 Å². The van der Waals surface area contributed by atoms with E-state index in [0.717, 1.165) is 23.8 Å². The van der Waals surface area contributed by atoms with Gasteiger partial charge in [0.2, 0.25) is 0 Å². The highest BCUT2D eigenvalue weighted by Gasteiger charge is 2.32. The van der Waals surface area contributed by atoms with E-state index in [0.29, 0.717) is 12.2 Å². The second kappa shape index (κ2) is 8.90. The highest BCUT2D eigenvalue weighted by atomic mass is 79.9. The van der Waals surface area contributed by atoms with E-state index in [1.807, 2.05) is 12.1 Å². The first-order valence-electron chi connectivity index (χ1n) is 7.79. The Bertz CT molecular complexity index is 824. The summed E-state index contributed by atoms with van der Waals surface area (Å²) in [5.41, 5.74) is 0.151. The van der Waals surface area contributed by atoms with Crippen LogP contribution >= 0.6 is 15.9 Å². The van der Waals surface area contributed by atoms with Gasteiger partial charge in [0.05, 0.1) is 12.7 Å². The Labute approximate surface area is 162 Å². The van der Waals surface area contributed by atoms with E-state index in [4.69, 9.17) is 4.74 Å². The van der Waals surface area contributed by atoms with Gasteiger partial charge in [0.15, 0.2) is 0 Å². The summed E-state index contributed by atoms with van der Waals surface area (Å²) in [6.45, 7) is 0.231. The van der Waals surface area contributed by atoms with Gasteiger partial charge in [0, 0.05) is 16.7 Å². The van der Waals surface area contributed by atoms with Crippen LogP contribution in [0.15, 0.2) is 46.9 Å². The van der Waals surface area contributed by atoms with E-state index in [9.17, 15) is 22.8 Å². The highest BCUT2D eigenvalue weighted by molar-refractivity contribution is 9.10. The Morgan fingerprint density at radius 1 is 1.07 bits per heavy atom. The summed E-state index contributed by atoms with van der Waals surface area (Å²) < 4.78 is 42.9. The van der Waals surface area contributed by atoms with E-state index in [1.165, 1.54) is 0 Å². The molecule has 5 nitrogen and oxygen atoms in total. The minimum absolute atomic E-state index is 0.0742. The molecule has 2 amide bonds. The van der Waals surface area contributed by atoms with E-state index in [2.05, 4.69) is 26.6 Å². The molecule has 0 spiro atoms. The number of anilines is 1. The van der Waals surface area contributed by atoms with Gasteiger partial charge in [-0.05, 0) is 42.3 Å². The number of hydrogen-bond donors (Lipinski definition) is 2.